The van der Waals surface area contributed by atoms with E-state index >= 15 is 0 Å². The number of nitrogens with zero attached hydrogens (tertiary/aromatic N) is 2. The van der Waals surface area contributed by atoms with Crippen LogP contribution in [0.15, 0.2) is 38.9 Å². The number of sulfonamides is 1. The van der Waals surface area contributed by atoms with Crippen LogP contribution in [0.4, 0.5) is 14.5 Å². The van der Waals surface area contributed by atoms with Crippen LogP contribution in [0.3, 0.4) is 0 Å². The molecule has 1 heterocycles. The van der Waals surface area contributed by atoms with Crippen molar-refractivity contribution in [3.63, 3.8) is 0 Å². The van der Waals surface area contributed by atoms with Gasteiger partial charge in [-0.3, -0.25) is 14.1 Å². The van der Waals surface area contributed by atoms with Gasteiger partial charge in [0, 0.05) is 20.3 Å². The molecule has 1 aromatic heterocycles. The molecule has 1 aromatic carbocycles. The van der Waals surface area contributed by atoms with Crippen molar-refractivity contribution in [2.24, 2.45) is 14.1 Å². The van der Waals surface area contributed by atoms with Crippen molar-refractivity contribution in [2.75, 3.05) is 4.72 Å². The molecule has 0 saturated heterocycles. The van der Waals surface area contributed by atoms with Gasteiger partial charge in [-0.1, -0.05) is 6.07 Å². The molecule has 0 aliphatic heterocycles. The van der Waals surface area contributed by atoms with Crippen molar-refractivity contribution in [1.29, 1.82) is 0 Å². The third-order valence-corrected chi connectivity index (χ3v) is 4.24. The highest BCUT2D eigenvalue weighted by molar-refractivity contribution is 7.92. The first-order valence-corrected chi connectivity index (χ1v) is 7.37. The van der Waals surface area contributed by atoms with Crippen LogP contribution >= 0.6 is 0 Å². The van der Waals surface area contributed by atoms with Crippen molar-refractivity contribution >= 4 is 15.7 Å². The van der Waals surface area contributed by atoms with E-state index in [4.69, 9.17) is 0 Å². The van der Waals surface area contributed by atoms with Crippen molar-refractivity contribution in [1.82, 2.24) is 9.13 Å². The van der Waals surface area contributed by atoms with Crippen molar-refractivity contribution in [3.05, 3.63) is 56.9 Å². The Labute approximate surface area is 123 Å². The molecule has 0 aliphatic carbocycles. The van der Waals surface area contributed by atoms with Crippen molar-refractivity contribution < 1.29 is 17.2 Å². The number of benzene rings is 1. The Kier molecular flexibility index (Phi) is 3.88. The van der Waals surface area contributed by atoms with E-state index in [9.17, 15) is 26.8 Å². The third-order valence-electron chi connectivity index (χ3n) is 2.90. The average molecular weight is 331 g/mol. The first-order valence-electron chi connectivity index (χ1n) is 5.88. The van der Waals surface area contributed by atoms with Gasteiger partial charge in [0.2, 0.25) is 0 Å². The first-order chi connectivity index (χ1) is 10.1. The van der Waals surface area contributed by atoms with E-state index < -0.39 is 43.5 Å². The van der Waals surface area contributed by atoms with Crippen LogP contribution in [-0.2, 0) is 24.1 Å². The summed E-state index contributed by atoms with van der Waals surface area (Å²) >= 11 is 0. The fourth-order valence-corrected chi connectivity index (χ4v) is 2.98. The summed E-state index contributed by atoms with van der Waals surface area (Å²) in [4.78, 5) is 22.6. The third kappa shape index (κ3) is 2.64. The number of para-hydroxylation sites is 1. The van der Waals surface area contributed by atoms with E-state index in [1.807, 2.05) is 0 Å². The molecule has 0 saturated carbocycles. The Morgan fingerprint density at radius 3 is 2.18 bits per heavy atom. The largest absolute Gasteiger partial charge is 0.330 e. The summed E-state index contributed by atoms with van der Waals surface area (Å²) in [5.74, 6) is -2.27. The van der Waals surface area contributed by atoms with Crippen LogP contribution in [0.1, 0.15) is 0 Å². The molecule has 0 unspecified atom stereocenters. The number of aromatic nitrogens is 2. The lowest BCUT2D eigenvalue weighted by atomic mass is 10.3. The number of anilines is 1. The smallest absolute Gasteiger partial charge is 0.302 e. The van der Waals surface area contributed by atoms with Gasteiger partial charge in [-0.25, -0.2) is 22.0 Å². The van der Waals surface area contributed by atoms with Crippen LogP contribution in [-0.4, -0.2) is 17.6 Å². The molecule has 2 aromatic rings. The maximum Gasteiger partial charge on any atom is 0.330 e. The monoisotopic (exact) mass is 331 g/mol. The predicted molar refractivity (Wildman–Crippen MR) is 74.1 cm³/mol. The molecule has 0 amide bonds. The molecular weight excluding hydrogens is 320 g/mol. The number of aryl methyl sites for hydroxylation is 1. The minimum Gasteiger partial charge on any atom is -0.302 e. The highest BCUT2D eigenvalue weighted by Crippen LogP contribution is 2.20. The number of hydrogen-bond acceptors (Lipinski definition) is 4. The fourth-order valence-electron chi connectivity index (χ4n) is 1.74. The maximum atomic E-state index is 13.5. The first kappa shape index (κ1) is 15.9. The molecule has 0 bridgehead atoms. The van der Waals surface area contributed by atoms with Crippen LogP contribution in [0.25, 0.3) is 0 Å². The average Bonchev–Trinajstić information content (AvgIpc) is 2.44. The second kappa shape index (κ2) is 5.37. The molecule has 10 heteroatoms. The van der Waals surface area contributed by atoms with E-state index in [1.54, 1.807) is 4.72 Å². The standard InChI is InChI=1S/C12H11F2N3O4S/c1-16-6-9(11(18)17(2)12(16)19)22(20,21)15-10-7(13)4-3-5-8(10)14/h3-6,15H,1-2H3. The van der Waals surface area contributed by atoms with Gasteiger partial charge in [0.25, 0.3) is 15.6 Å². The summed E-state index contributed by atoms with van der Waals surface area (Å²) in [6.07, 6.45) is 0.783. The van der Waals surface area contributed by atoms with Crippen LogP contribution in [0.2, 0.25) is 0 Å². The summed E-state index contributed by atoms with van der Waals surface area (Å²) in [6, 6.07) is 2.79. The molecule has 2 rings (SSSR count). The summed E-state index contributed by atoms with van der Waals surface area (Å²) < 4.78 is 54.5. The Morgan fingerprint density at radius 1 is 1.09 bits per heavy atom. The zero-order chi connectivity index (χ0) is 16.7. The van der Waals surface area contributed by atoms with E-state index in [-0.39, 0.29) is 0 Å². The molecule has 0 fully saturated rings. The van der Waals surface area contributed by atoms with Crippen LogP contribution in [0, 0.1) is 11.6 Å². The van der Waals surface area contributed by atoms with Gasteiger partial charge in [0.05, 0.1) is 0 Å². The van der Waals surface area contributed by atoms with E-state index in [0.717, 1.165) is 36.0 Å². The molecule has 0 radical (unpaired) electrons. The summed E-state index contributed by atoms with van der Waals surface area (Å²) in [5, 5.41) is 0. The number of rotatable bonds is 3. The molecule has 1 N–H and O–H groups in total. The molecular formula is C12H11F2N3O4S. The zero-order valence-electron chi connectivity index (χ0n) is 11.5. The summed E-state index contributed by atoms with van der Waals surface area (Å²) in [6.45, 7) is 0. The molecule has 7 nitrogen and oxygen atoms in total. The second-order valence-corrected chi connectivity index (χ2v) is 6.10. The normalized spacial score (nSPS) is 11.5. The number of hydrogen-bond donors (Lipinski definition) is 1. The summed E-state index contributed by atoms with van der Waals surface area (Å²) in [5.41, 5.74) is -2.74. The Balaban J connectivity index is 2.63. The molecule has 0 aliphatic rings. The van der Waals surface area contributed by atoms with Crippen LogP contribution < -0.4 is 16.0 Å². The zero-order valence-corrected chi connectivity index (χ0v) is 12.3. The fraction of sp³-hybridized carbons (Fsp3) is 0.167. The van der Waals surface area contributed by atoms with Gasteiger partial charge in [0.1, 0.15) is 17.3 Å². The van der Waals surface area contributed by atoms with Gasteiger partial charge in [-0.15, -0.1) is 0 Å². The lowest BCUT2D eigenvalue weighted by Crippen LogP contribution is -2.40. The Morgan fingerprint density at radius 2 is 1.64 bits per heavy atom. The topological polar surface area (TPSA) is 90.2 Å². The van der Waals surface area contributed by atoms with E-state index in [1.165, 1.54) is 7.05 Å². The lowest BCUT2D eigenvalue weighted by Gasteiger charge is -2.11. The van der Waals surface area contributed by atoms with Gasteiger partial charge in [0.15, 0.2) is 4.90 Å². The number of nitrogens with one attached hydrogen (secondary N) is 1. The highest BCUT2D eigenvalue weighted by atomic mass is 32.2. The Bertz CT molecular complexity index is 943. The minimum absolute atomic E-state index is 0.576. The quantitative estimate of drug-likeness (QED) is 0.868. The Hall–Kier alpha value is -2.49. The van der Waals surface area contributed by atoms with E-state index in [2.05, 4.69) is 0 Å². The van der Waals surface area contributed by atoms with Gasteiger partial charge < -0.3 is 4.57 Å². The van der Waals surface area contributed by atoms with Gasteiger partial charge >= 0.3 is 5.69 Å². The second-order valence-electron chi connectivity index (χ2n) is 4.45. The maximum absolute atomic E-state index is 13.5. The lowest BCUT2D eigenvalue weighted by molar-refractivity contribution is 0.578. The number of halogens is 2. The highest BCUT2D eigenvalue weighted by Gasteiger charge is 2.24. The SMILES string of the molecule is Cn1cc(S(=O)(=O)Nc2c(F)cccc2F)c(=O)n(C)c1=O. The molecule has 118 valence electrons. The molecule has 0 spiro atoms. The molecule has 22 heavy (non-hydrogen) atoms. The van der Waals surface area contributed by atoms with Crippen molar-refractivity contribution in [2.45, 2.75) is 4.90 Å². The van der Waals surface area contributed by atoms with Crippen LogP contribution in [0.5, 0.6) is 0 Å². The predicted octanol–water partition coefficient (Wildman–Crippen LogP) is 0.163. The van der Waals surface area contributed by atoms with Gasteiger partial charge in [-0.05, 0) is 12.1 Å². The van der Waals surface area contributed by atoms with E-state index in [0.29, 0.717) is 4.57 Å². The summed E-state index contributed by atoms with van der Waals surface area (Å²) in [7, 11) is -2.24. The van der Waals surface area contributed by atoms with Gasteiger partial charge in [-0.2, -0.15) is 0 Å². The van der Waals surface area contributed by atoms with Crippen molar-refractivity contribution in [3.8, 4) is 0 Å². The molecule has 0 atom stereocenters. The minimum atomic E-state index is -4.57.